The van der Waals surface area contributed by atoms with Crippen LogP contribution in [0.2, 0.25) is 0 Å². The summed E-state index contributed by atoms with van der Waals surface area (Å²) in [5.41, 5.74) is 0.194. The summed E-state index contributed by atoms with van der Waals surface area (Å²) in [6.45, 7) is 4.13. The van der Waals surface area contributed by atoms with Gasteiger partial charge in [0.15, 0.2) is 0 Å². The molecule has 108 valence electrons. The van der Waals surface area contributed by atoms with Crippen LogP contribution in [0.4, 0.5) is 0 Å². The van der Waals surface area contributed by atoms with Crippen molar-refractivity contribution >= 4 is 0 Å². The molecule has 0 saturated heterocycles. The quantitative estimate of drug-likeness (QED) is 0.658. The second-order valence-electron chi connectivity index (χ2n) is 5.52. The summed E-state index contributed by atoms with van der Waals surface area (Å²) in [5, 5.41) is 10.6. The molecule has 2 heteroatoms. The summed E-state index contributed by atoms with van der Waals surface area (Å²) in [5.74, 6) is 0.806. The second-order valence-corrected chi connectivity index (χ2v) is 5.52. The Bertz CT molecular complexity index is 358. The van der Waals surface area contributed by atoms with Crippen LogP contribution in [0.5, 0.6) is 5.75 Å². The van der Waals surface area contributed by atoms with Crippen LogP contribution in [-0.2, 0) is 5.60 Å². The van der Waals surface area contributed by atoms with Gasteiger partial charge in [-0.2, -0.15) is 0 Å². The molecule has 0 aliphatic heterocycles. The van der Waals surface area contributed by atoms with E-state index in [-0.39, 0.29) is 0 Å². The van der Waals surface area contributed by atoms with Crippen LogP contribution in [-0.4, -0.2) is 12.2 Å². The maximum Gasteiger partial charge on any atom is 0.119 e. The van der Waals surface area contributed by atoms with E-state index in [0.717, 1.165) is 24.2 Å². The topological polar surface area (TPSA) is 29.5 Å². The molecule has 0 radical (unpaired) electrons. The summed E-state index contributed by atoms with van der Waals surface area (Å²) in [6, 6.07) is 7.74. The SMILES string of the molecule is CCCCCCCCC(C)(O)c1cccc(OC)c1. The first kappa shape index (κ1) is 16.0. The molecule has 1 aromatic rings. The minimum atomic E-state index is -0.751. The molecule has 0 aromatic heterocycles. The summed E-state index contributed by atoms with van der Waals surface area (Å²) >= 11 is 0. The first-order valence-electron chi connectivity index (χ1n) is 7.47. The zero-order valence-corrected chi connectivity index (χ0v) is 12.6. The third-order valence-corrected chi connectivity index (χ3v) is 3.71. The number of benzene rings is 1. The maximum absolute atomic E-state index is 10.6. The molecule has 1 atom stereocenters. The van der Waals surface area contributed by atoms with E-state index in [4.69, 9.17) is 4.74 Å². The smallest absolute Gasteiger partial charge is 0.119 e. The lowest BCUT2D eigenvalue weighted by molar-refractivity contribution is 0.0446. The van der Waals surface area contributed by atoms with Crippen molar-refractivity contribution in [3.63, 3.8) is 0 Å². The van der Waals surface area contributed by atoms with E-state index in [9.17, 15) is 5.11 Å². The first-order chi connectivity index (χ1) is 9.10. The van der Waals surface area contributed by atoms with E-state index in [0.29, 0.717) is 0 Å². The molecule has 0 amide bonds. The molecule has 1 rings (SSSR count). The van der Waals surface area contributed by atoms with Gasteiger partial charge in [-0.1, -0.05) is 57.6 Å². The summed E-state index contributed by atoms with van der Waals surface area (Å²) in [7, 11) is 1.65. The zero-order valence-electron chi connectivity index (χ0n) is 12.6. The van der Waals surface area contributed by atoms with Crippen LogP contribution in [0.25, 0.3) is 0 Å². The van der Waals surface area contributed by atoms with Gasteiger partial charge in [0.2, 0.25) is 0 Å². The highest BCUT2D eigenvalue weighted by Crippen LogP contribution is 2.29. The molecule has 0 aliphatic carbocycles. The Morgan fingerprint density at radius 1 is 1.11 bits per heavy atom. The normalized spacial score (nSPS) is 14.1. The molecule has 0 aliphatic rings. The van der Waals surface area contributed by atoms with E-state index in [2.05, 4.69) is 6.92 Å². The van der Waals surface area contributed by atoms with Gasteiger partial charge in [-0.3, -0.25) is 0 Å². The first-order valence-corrected chi connectivity index (χ1v) is 7.47. The van der Waals surface area contributed by atoms with Crippen LogP contribution < -0.4 is 4.74 Å². The van der Waals surface area contributed by atoms with Gasteiger partial charge in [0.1, 0.15) is 5.75 Å². The number of aliphatic hydroxyl groups is 1. The van der Waals surface area contributed by atoms with Crippen molar-refractivity contribution in [3.05, 3.63) is 29.8 Å². The monoisotopic (exact) mass is 264 g/mol. The van der Waals surface area contributed by atoms with E-state index >= 15 is 0 Å². The molecular formula is C17H28O2. The molecule has 0 bridgehead atoms. The van der Waals surface area contributed by atoms with Gasteiger partial charge in [-0.15, -0.1) is 0 Å². The van der Waals surface area contributed by atoms with Crippen LogP contribution in [0, 0.1) is 0 Å². The number of rotatable bonds is 9. The van der Waals surface area contributed by atoms with Crippen molar-refractivity contribution in [1.29, 1.82) is 0 Å². The molecule has 1 N–H and O–H groups in total. The maximum atomic E-state index is 10.6. The van der Waals surface area contributed by atoms with E-state index < -0.39 is 5.60 Å². The molecule has 0 fully saturated rings. The third-order valence-electron chi connectivity index (χ3n) is 3.71. The average Bonchev–Trinajstić information content (AvgIpc) is 2.43. The molecule has 1 unspecified atom stereocenters. The van der Waals surface area contributed by atoms with Gasteiger partial charge in [0, 0.05) is 0 Å². The predicted octanol–water partition coefficient (Wildman–Crippen LogP) is 4.65. The van der Waals surface area contributed by atoms with Gasteiger partial charge in [-0.05, 0) is 31.0 Å². The number of unbranched alkanes of at least 4 members (excludes halogenated alkanes) is 5. The minimum absolute atomic E-state index is 0.751. The Morgan fingerprint density at radius 2 is 1.79 bits per heavy atom. The van der Waals surface area contributed by atoms with Crippen molar-refractivity contribution in [2.75, 3.05) is 7.11 Å². The molecular weight excluding hydrogens is 236 g/mol. The largest absolute Gasteiger partial charge is 0.497 e. The Labute approximate surface area is 117 Å². The number of methoxy groups -OCH3 is 1. The molecule has 0 spiro atoms. The van der Waals surface area contributed by atoms with Gasteiger partial charge >= 0.3 is 0 Å². The van der Waals surface area contributed by atoms with Crippen LogP contribution in [0.15, 0.2) is 24.3 Å². The molecule has 0 heterocycles. The number of hydrogen-bond donors (Lipinski definition) is 1. The molecule has 19 heavy (non-hydrogen) atoms. The van der Waals surface area contributed by atoms with E-state index in [1.165, 1.54) is 32.1 Å². The highest BCUT2D eigenvalue weighted by Gasteiger charge is 2.22. The van der Waals surface area contributed by atoms with Gasteiger partial charge in [0.25, 0.3) is 0 Å². The fraction of sp³-hybridized carbons (Fsp3) is 0.647. The second kappa shape index (κ2) is 8.21. The molecule has 2 nitrogen and oxygen atoms in total. The lowest BCUT2D eigenvalue weighted by Gasteiger charge is -2.24. The Morgan fingerprint density at radius 3 is 2.47 bits per heavy atom. The lowest BCUT2D eigenvalue weighted by atomic mass is 9.90. The van der Waals surface area contributed by atoms with E-state index in [1.807, 2.05) is 31.2 Å². The van der Waals surface area contributed by atoms with Gasteiger partial charge in [-0.25, -0.2) is 0 Å². The van der Waals surface area contributed by atoms with E-state index in [1.54, 1.807) is 7.11 Å². The van der Waals surface area contributed by atoms with Crippen molar-refractivity contribution < 1.29 is 9.84 Å². The van der Waals surface area contributed by atoms with Crippen LogP contribution in [0.3, 0.4) is 0 Å². The van der Waals surface area contributed by atoms with Crippen molar-refractivity contribution in [3.8, 4) is 5.75 Å². The van der Waals surface area contributed by atoms with Gasteiger partial charge < -0.3 is 9.84 Å². The standard InChI is InChI=1S/C17H28O2/c1-4-5-6-7-8-9-13-17(2,18)15-11-10-12-16(14-15)19-3/h10-12,14,18H,4-9,13H2,1-3H3. The Kier molecular flexibility index (Phi) is 6.93. The van der Waals surface area contributed by atoms with Gasteiger partial charge in [0.05, 0.1) is 12.7 Å². The Hall–Kier alpha value is -1.02. The summed E-state index contributed by atoms with van der Waals surface area (Å²) in [6.07, 6.45) is 8.30. The fourth-order valence-electron chi connectivity index (χ4n) is 2.35. The lowest BCUT2D eigenvalue weighted by Crippen LogP contribution is -2.20. The van der Waals surface area contributed by atoms with Crippen molar-refractivity contribution in [1.82, 2.24) is 0 Å². The van der Waals surface area contributed by atoms with Crippen molar-refractivity contribution in [2.45, 2.75) is 64.4 Å². The zero-order chi connectivity index (χ0) is 14.1. The summed E-state index contributed by atoms with van der Waals surface area (Å²) < 4.78 is 5.21. The number of ether oxygens (including phenoxy) is 1. The Balaban J connectivity index is 2.41. The number of hydrogen-bond acceptors (Lipinski definition) is 2. The third kappa shape index (κ3) is 5.65. The van der Waals surface area contributed by atoms with Crippen molar-refractivity contribution in [2.24, 2.45) is 0 Å². The summed E-state index contributed by atoms with van der Waals surface area (Å²) in [4.78, 5) is 0. The fourth-order valence-corrected chi connectivity index (χ4v) is 2.35. The molecule has 0 saturated carbocycles. The average molecular weight is 264 g/mol. The van der Waals surface area contributed by atoms with Crippen LogP contribution >= 0.6 is 0 Å². The highest BCUT2D eigenvalue weighted by atomic mass is 16.5. The van der Waals surface area contributed by atoms with Crippen LogP contribution in [0.1, 0.15) is 64.4 Å². The molecule has 1 aromatic carbocycles. The predicted molar refractivity (Wildman–Crippen MR) is 80.6 cm³/mol. The highest BCUT2D eigenvalue weighted by molar-refractivity contribution is 5.31. The minimum Gasteiger partial charge on any atom is -0.497 e.